The van der Waals surface area contributed by atoms with Gasteiger partial charge in [-0.25, -0.2) is 9.59 Å². The van der Waals surface area contributed by atoms with E-state index in [-0.39, 0.29) is 43.3 Å². The Morgan fingerprint density at radius 2 is 1.56 bits per heavy atom. The summed E-state index contributed by atoms with van der Waals surface area (Å²) >= 11 is 0. The van der Waals surface area contributed by atoms with E-state index in [1.807, 2.05) is 30.3 Å². The number of hydrogen-bond donors (Lipinski definition) is 3. The Labute approximate surface area is 280 Å². The van der Waals surface area contributed by atoms with Gasteiger partial charge in [0.15, 0.2) is 0 Å². The number of carbonyl (C=O) groups is 2. The largest absolute Gasteiger partial charge is 0.493 e. The van der Waals surface area contributed by atoms with Crippen LogP contribution in [0.25, 0.3) is 0 Å². The normalized spacial score (nSPS) is 17.1. The molecule has 1 heterocycles. The third kappa shape index (κ3) is 9.80. The Kier molecular flexibility index (Phi) is 12.1. The smallest absolute Gasteiger partial charge is 0.336 e. The molecule has 3 aliphatic rings. The van der Waals surface area contributed by atoms with Crippen LogP contribution in [0.15, 0.2) is 71.1 Å². The number of nitro benzene ring substituents is 1. The number of dihydropyridines is 1. The van der Waals surface area contributed by atoms with Gasteiger partial charge in [0.1, 0.15) is 24.2 Å². The maximum absolute atomic E-state index is 13.6. The van der Waals surface area contributed by atoms with Gasteiger partial charge in [0.2, 0.25) is 0 Å². The Balaban J connectivity index is 1.27. The van der Waals surface area contributed by atoms with Crippen molar-refractivity contribution in [2.45, 2.75) is 64.4 Å². The van der Waals surface area contributed by atoms with E-state index in [0.29, 0.717) is 59.8 Å². The lowest BCUT2D eigenvalue weighted by Crippen LogP contribution is -2.33. The number of rotatable bonds is 19. The average molecular weight is 664 g/mol. The molecule has 5 rings (SSSR count). The lowest BCUT2D eigenvalue weighted by Gasteiger charge is -2.31. The lowest BCUT2D eigenvalue weighted by molar-refractivity contribution is -0.384. The number of esters is 2. The van der Waals surface area contributed by atoms with Crippen LogP contribution < -0.4 is 20.1 Å². The van der Waals surface area contributed by atoms with Gasteiger partial charge in [-0.1, -0.05) is 18.2 Å². The van der Waals surface area contributed by atoms with Gasteiger partial charge in [0.25, 0.3) is 5.69 Å². The molecular weight excluding hydrogens is 618 g/mol. The molecule has 0 aromatic heterocycles. The fourth-order valence-corrected chi connectivity index (χ4v) is 5.54. The number of nitro groups is 1. The van der Waals surface area contributed by atoms with E-state index in [1.165, 1.54) is 18.2 Å². The standard InChI is InChI=1S/C36H45N3O9/c1-23-32(35(41)47-20-25-10-11-25)34(33(24(2)38-23)36(42)48-21-26-12-13-26)30-18-27(39(43)44)14-15-31(30)45-17-7-6-16-37-19-28(40)22-46-29-8-4-3-5-9-29/h3-5,8-9,14-15,18,25-26,28,34,37-38,40H,6-7,10-13,16-17,19-22H2,1-2H3. The van der Waals surface area contributed by atoms with Crippen LogP contribution in [0.5, 0.6) is 11.5 Å². The number of unbranched alkanes of at least 4 members (excludes halogenated alkanes) is 1. The zero-order valence-corrected chi connectivity index (χ0v) is 27.6. The minimum absolute atomic E-state index is 0.174. The van der Waals surface area contributed by atoms with Crippen LogP contribution in [0.2, 0.25) is 0 Å². The first-order valence-electron chi connectivity index (χ1n) is 16.7. The van der Waals surface area contributed by atoms with Gasteiger partial charge in [-0.15, -0.1) is 0 Å². The summed E-state index contributed by atoms with van der Waals surface area (Å²) in [7, 11) is 0. The Morgan fingerprint density at radius 1 is 0.938 bits per heavy atom. The topological polar surface area (TPSA) is 158 Å². The zero-order valence-electron chi connectivity index (χ0n) is 27.6. The fraction of sp³-hybridized carbons (Fsp3) is 0.500. The molecule has 3 N–H and O–H groups in total. The van der Waals surface area contributed by atoms with E-state index in [2.05, 4.69) is 10.6 Å². The van der Waals surface area contributed by atoms with Crippen molar-refractivity contribution in [3.05, 3.63) is 86.7 Å². The number of benzene rings is 2. The number of nitrogens with zero attached hydrogens (tertiary/aromatic N) is 1. The maximum atomic E-state index is 13.6. The van der Waals surface area contributed by atoms with Gasteiger partial charge in [-0.3, -0.25) is 10.1 Å². The van der Waals surface area contributed by atoms with Crippen molar-refractivity contribution in [3.8, 4) is 11.5 Å². The first kappa shape index (κ1) is 34.9. The number of allylic oxidation sites excluding steroid dienone is 2. The molecule has 2 fully saturated rings. The molecule has 0 bridgehead atoms. The molecular formula is C36H45N3O9. The van der Waals surface area contributed by atoms with Crippen LogP contribution in [0, 0.1) is 22.0 Å². The number of carbonyl (C=O) groups excluding carboxylic acids is 2. The van der Waals surface area contributed by atoms with Crippen LogP contribution in [-0.2, 0) is 19.1 Å². The van der Waals surface area contributed by atoms with E-state index in [9.17, 15) is 24.8 Å². The SMILES string of the molecule is CC1=C(C(=O)OCC2CC2)C(c2cc([N+](=O)[O-])ccc2OCCCCNCC(O)COc2ccccc2)C(C(=O)OCC2CC2)=C(C)N1. The van der Waals surface area contributed by atoms with Crippen LogP contribution in [0.3, 0.4) is 0 Å². The van der Waals surface area contributed by atoms with Crippen molar-refractivity contribution in [1.29, 1.82) is 0 Å². The van der Waals surface area contributed by atoms with Gasteiger partial charge >= 0.3 is 11.9 Å². The van der Waals surface area contributed by atoms with Gasteiger partial charge in [-0.2, -0.15) is 0 Å². The van der Waals surface area contributed by atoms with E-state index >= 15 is 0 Å². The molecule has 1 unspecified atom stereocenters. The summed E-state index contributed by atoms with van der Waals surface area (Å²) in [4.78, 5) is 38.6. The predicted molar refractivity (Wildman–Crippen MR) is 177 cm³/mol. The molecule has 1 atom stereocenters. The van der Waals surface area contributed by atoms with Crippen LogP contribution in [-0.4, -0.2) is 67.6 Å². The summed E-state index contributed by atoms with van der Waals surface area (Å²) in [5, 5.41) is 28.5. The Morgan fingerprint density at radius 3 is 2.15 bits per heavy atom. The number of aliphatic hydroxyl groups excluding tert-OH is 1. The Bertz CT molecular complexity index is 1470. The molecule has 2 aromatic carbocycles. The summed E-state index contributed by atoms with van der Waals surface area (Å²) in [6.07, 6.45) is 4.68. The number of aliphatic hydroxyl groups is 1. The molecule has 12 nitrogen and oxygen atoms in total. The minimum atomic E-state index is -0.999. The summed E-state index contributed by atoms with van der Waals surface area (Å²) in [5.41, 5.74) is 1.52. The molecule has 0 saturated heterocycles. The Hall–Kier alpha value is -4.42. The molecule has 258 valence electrons. The highest BCUT2D eigenvalue weighted by molar-refractivity contribution is 6.00. The van der Waals surface area contributed by atoms with E-state index in [0.717, 1.165) is 32.1 Å². The van der Waals surface area contributed by atoms with Crippen LogP contribution >= 0.6 is 0 Å². The fourth-order valence-electron chi connectivity index (χ4n) is 5.54. The maximum Gasteiger partial charge on any atom is 0.336 e. The number of non-ortho nitro benzene ring substituents is 1. The summed E-state index contributed by atoms with van der Waals surface area (Å²) in [6.45, 7) is 5.46. The number of hydrogen-bond acceptors (Lipinski definition) is 11. The monoisotopic (exact) mass is 663 g/mol. The van der Waals surface area contributed by atoms with E-state index < -0.39 is 28.9 Å². The molecule has 12 heteroatoms. The molecule has 0 radical (unpaired) electrons. The van der Waals surface area contributed by atoms with Gasteiger partial charge in [0.05, 0.1) is 41.8 Å². The average Bonchev–Trinajstić information content (AvgIpc) is 4.01. The van der Waals surface area contributed by atoms with Crippen LogP contribution in [0.4, 0.5) is 5.69 Å². The first-order chi connectivity index (χ1) is 23.2. The minimum Gasteiger partial charge on any atom is -0.493 e. The highest BCUT2D eigenvalue weighted by Gasteiger charge is 2.41. The molecule has 48 heavy (non-hydrogen) atoms. The first-order valence-corrected chi connectivity index (χ1v) is 16.7. The van der Waals surface area contributed by atoms with Gasteiger partial charge in [-0.05, 0) is 89.0 Å². The lowest BCUT2D eigenvalue weighted by atomic mass is 9.79. The summed E-state index contributed by atoms with van der Waals surface area (Å²) in [6, 6.07) is 13.5. The second kappa shape index (κ2) is 16.6. The highest BCUT2D eigenvalue weighted by atomic mass is 16.6. The molecule has 0 amide bonds. The molecule has 2 aromatic rings. The summed E-state index contributed by atoms with van der Waals surface area (Å²) < 4.78 is 23.2. The predicted octanol–water partition coefficient (Wildman–Crippen LogP) is 4.92. The second-order valence-corrected chi connectivity index (χ2v) is 12.7. The molecule has 1 aliphatic heterocycles. The summed E-state index contributed by atoms with van der Waals surface area (Å²) in [5.74, 6) is -0.502. The van der Waals surface area contributed by atoms with Crippen molar-refractivity contribution in [3.63, 3.8) is 0 Å². The number of nitrogens with one attached hydrogen (secondary N) is 2. The van der Waals surface area contributed by atoms with E-state index in [4.69, 9.17) is 18.9 Å². The molecule has 0 spiro atoms. The molecule has 2 aliphatic carbocycles. The van der Waals surface area contributed by atoms with Gasteiger partial charge in [0, 0.05) is 35.6 Å². The van der Waals surface area contributed by atoms with Gasteiger partial charge < -0.3 is 34.7 Å². The quantitative estimate of drug-likeness (QED) is 0.0810. The van der Waals surface area contributed by atoms with Crippen molar-refractivity contribution in [2.24, 2.45) is 11.8 Å². The van der Waals surface area contributed by atoms with Crippen molar-refractivity contribution >= 4 is 17.6 Å². The van der Waals surface area contributed by atoms with E-state index in [1.54, 1.807) is 13.8 Å². The zero-order chi connectivity index (χ0) is 34.0. The molecule has 2 saturated carbocycles. The van der Waals surface area contributed by atoms with Crippen molar-refractivity contribution < 1.29 is 38.6 Å². The van der Waals surface area contributed by atoms with Crippen molar-refractivity contribution in [1.82, 2.24) is 10.6 Å². The highest BCUT2D eigenvalue weighted by Crippen LogP contribution is 2.44. The van der Waals surface area contributed by atoms with Crippen LogP contribution in [0.1, 0.15) is 63.9 Å². The third-order valence-corrected chi connectivity index (χ3v) is 8.58. The third-order valence-electron chi connectivity index (χ3n) is 8.58. The number of para-hydroxylation sites is 1. The number of ether oxygens (including phenoxy) is 4. The second-order valence-electron chi connectivity index (χ2n) is 12.7. The van der Waals surface area contributed by atoms with Crippen molar-refractivity contribution in [2.75, 3.05) is 39.5 Å².